The molecule has 0 aliphatic rings. The highest BCUT2D eigenvalue weighted by Crippen LogP contribution is 2.37. The highest BCUT2D eigenvalue weighted by Gasteiger charge is 2.34. The predicted molar refractivity (Wildman–Crippen MR) is 59.6 cm³/mol. The Balaban J connectivity index is 4.78. The van der Waals surface area contributed by atoms with E-state index in [1.54, 1.807) is 21.1 Å². The van der Waals surface area contributed by atoms with Gasteiger partial charge in [-0.2, -0.15) is 0 Å². The molecule has 7 heteroatoms. The van der Waals surface area contributed by atoms with Crippen LogP contribution in [0.5, 0.6) is 0 Å². The highest BCUT2D eigenvalue weighted by molar-refractivity contribution is 7.51. The van der Waals surface area contributed by atoms with Crippen molar-refractivity contribution in [3.63, 3.8) is 0 Å². The molecular formula is C9H19NO5P+. The minimum Gasteiger partial charge on any atom is -0.408 e. The van der Waals surface area contributed by atoms with Crippen molar-refractivity contribution in [2.75, 3.05) is 27.3 Å². The molecule has 2 N–H and O–H groups in total. The molecule has 0 aromatic heterocycles. The molecule has 94 valence electrons. The van der Waals surface area contributed by atoms with E-state index in [2.05, 4.69) is 6.58 Å². The van der Waals surface area contributed by atoms with E-state index in [1.807, 2.05) is 0 Å². The van der Waals surface area contributed by atoms with Crippen LogP contribution in [0.25, 0.3) is 0 Å². The Bertz CT molecular complexity index is 327. The summed E-state index contributed by atoms with van der Waals surface area (Å²) < 4.78 is 16.0. The number of hydrogen-bond acceptors (Lipinski definition) is 3. The molecule has 1 atom stereocenters. The number of quaternary nitrogens is 1. The summed E-state index contributed by atoms with van der Waals surface area (Å²) in [6.45, 7) is 4.89. The van der Waals surface area contributed by atoms with Gasteiger partial charge in [-0.15, -0.1) is 0 Å². The van der Waals surface area contributed by atoms with Crippen molar-refractivity contribution in [3.05, 3.63) is 12.2 Å². The van der Waals surface area contributed by atoms with Crippen LogP contribution in [-0.2, 0) is 14.1 Å². The lowest BCUT2D eigenvalue weighted by Gasteiger charge is -2.33. The SMILES string of the molecule is C=C(C)C(=O)OC(CP(=O)(O)O)[N+](C)(C)C. The average molecular weight is 252 g/mol. The molecule has 0 spiro atoms. The largest absolute Gasteiger partial charge is 0.408 e. The predicted octanol–water partition coefficient (Wildman–Crippen LogP) is 0.316. The number of hydrogen-bond donors (Lipinski definition) is 2. The Morgan fingerprint density at radius 2 is 1.88 bits per heavy atom. The lowest BCUT2D eigenvalue weighted by Crippen LogP contribution is -2.49. The fraction of sp³-hybridized carbons (Fsp3) is 0.667. The maximum Gasteiger partial charge on any atom is 0.337 e. The number of nitrogens with zero attached hydrogens (tertiary/aromatic N) is 1. The molecule has 0 radical (unpaired) electrons. The van der Waals surface area contributed by atoms with Crippen molar-refractivity contribution >= 4 is 13.6 Å². The number of esters is 1. The fourth-order valence-electron chi connectivity index (χ4n) is 0.868. The second-order valence-electron chi connectivity index (χ2n) is 4.60. The number of carbonyl (C=O) groups is 1. The molecule has 0 aromatic carbocycles. The molecule has 0 rings (SSSR count). The van der Waals surface area contributed by atoms with Crippen LogP contribution in [0.1, 0.15) is 6.92 Å². The van der Waals surface area contributed by atoms with E-state index in [0.717, 1.165) is 0 Å². The molecule has 1 unspecified atom stereocenters. The molecule has 0 heterocycles. The van der Waals surface area contributed by atoms with Gasteiger partial charge in [-0.3, -0.25) is 9.05 Å². The third kappa shape index (κ3) is 6.02. The molecule has 0 amide bonds. The van der Waals surface area contributed by atoms with E-state index >= 15 is 0 Å². The summed E-state index contributed by atoms with van der Waals surface area (Å²) in [4.78, 5) is 29.1. The Morgan fingerprint density at radius 1 is 1.44 bits per heavy atom. The first kappa shape index (κ1) is 15.3. The van der Waals surface area contributed by atoms with Gasteiger partial charge in [-0.05, 0) is 6.92 Å². The smallest absolute Gasteiger partial charge is 0.337 e. The number of rotatable bonds is 5. The van der Waals surface area contributed by atoms with Crippen LogP contribution in [-0.4, -0.2) is 53.8 Å². The van der Waals surface area contributed by atoms with Crippen LogP contribution < -0.4 is 0 Å². The molecule has 0 saturated heterocycles. The van der Waals surface area contributed by atoms with Crippen molar-refractivity contribution in [1.82, 2.24) is 0 Å². The van der Waals surface area contributed by atoms with Gasteiger partial charge in [0.05, 0.1) is 21.1 Å². The third-order valence-electron chi connectivity index (χ3n) is 1.85. The van der Waals surface area contributed by atoms with Gasteiger partial charge in [-0.1, -0.05) is 6.58 Å². The normalized spacial score (nSPS) is 14.4. The van der Waals surface area contributed by atoms with Crippen molar-refractivity contribution in [2.24, 2.45) is 0 Å². The monoisotopic (exact) mass is 252 g/mol. The summed E-state index contributed by atoms with van der Waals surface area (Å²) in [7, 11) is 0.832. The van der Waals surface area contributed by atoms with Crippen LogP contribution in [0.15, 0.2) is 12.2 Å². The van der Waals surface area contributed by atoms with E-state index in [9.17, 15) is 9.36 Å². The summed E-state index contributed by atoms with van der Waals surface area (Å²) in [6.07, 6.45) is -1.40. The van der Waals surface area contributed by atoms with Crippen LogP contribution in [0.2, 0.25) is 0 Å². The maximum atomic E-state index is 11.3. The molecule has 0 aromatic rings. The molecule has 0 fully saturated rings. The summed E-state index contributed by atoms with van der Waals surface area (Å²) in [5.74, 6) is -0.647. The summed E-state index contributed by atoms with van der Waals surface area (Å²) in [5, 5.41) is 0. The molecule has 0 aliphatic carbocycles. The highest BCUT2D eigenvalue weighted by atomic mass is 31.2. The summed E-state index contributed by atoms with van der Waals surface area (Å²) in [5.41, 5.74) is 0.198. The van der Waals surface area contributed by atoms with Gasteiger partial charge < -0.3 is 14.5 Å². The Labute approximate surface area is 95.3 Å². The van der Waals surface area contributed by atoms with Gasteiger partial charge in [0.1, 0.15) is 6.16 Å². The number of ether oxygens (including phenoxy) is 1. The van der Waals surface area contributed by atoms with Gasteiger partial charge in [0.2, 0.25) is 6.23 Å². The second kappa shape index (κ2) is 5.10. The van der Waals surface area contributed by atoms with Crippen LogP contribution in [0, 0.1) is 0 Å². The first-order valence-corrected chi connectivity index (χ1v) is 6.45. The zero-order valence-electron chi connectivity index (χ0n) is 10.0. The lowest BCUT2D eigenvalue weighted by atomic mass is 10.3. The minimum absolute atomic E-state index is 0.115. The van der Waals surface area contributed by atoms with Gasteiger partial charge in [0.15, 0.2) is 0 Å². The first-order valence-electron chi connectivity index (χ1n) is 4.65. The van der Waals surface area contributed by atoms with E-state index in [0.29, 0.717) is 0 Å². The molecule has 0 aliphatic heterocycles. The van der Waals surface area contributed by atoms with Gasteiger partial charge in [-0.25, -0.2) is 4.79 Å². The van der Waals surface area contributed by atoms with E-state index in [-0.39, 0.29) is 10.1 Å². The summed E-state index contributed by atoms with van der Waals surface area (Å²) in [6, 6.07) is 0. The molecule has 0 saturated carbocycles. The lowest BCUT2D eigenvalue weighted by molar-refractivity contribution is -0.913. The van der Waals surface area contributed by atoms with E-state index in [1.165, 1.54) is 6.92 Å². The minimum atomic E-state index is -4.23. The van der Waals surface area contributed by atoms with Gasteiger partial charge in [0.25, 0.3) is 0 Å². The van der Waals surface area contributed by atoms with Gasteiger partial charge >= 0.3 is 13.6 Å². The van der Waals surface area contributed by atoms with Crippen LogP contribution in [0.4, 0.5) is 0 Å². The number of carbonyl (C=O) groups excluding carboxylic acids is 1. The summed E-state index contributed by atoms with van der Waals surface area (Å²) >= 11 is 0. The van der Waals surface area contributed by atoms with Crippen LogP contribution >= 0.6 is 7.60 Å². The van der Waals surface area contributed by atoms with Crippen LogP contribution in [0.3, 0.4) is 0 Å². The van der Waals surface area contributed by atoms with E-state index < -0.39 is 26.0 Å². The first-order chi connectivity index (χ1) is 6.93. The van der Waals surface area contributed by atoms with Crippen molar-refractivity contribution in [2.45, 2.75) is 13.2 Å². The molecule has 6 nitrogen and oxygen atoms in total. The van der Waals surface area contributed by atoms with Crippen molar-refractivity contribution in [1.29, 1.82) is 0 Å². The van der Waals surface area contributed by atoms with Crippen molar-refractivity contribution < 1.29 is 28.4 Å². The molecular weight excluding hydrogens is 233 g/mol. The Kier molecular flexibility index (Phi) is 4.88. The molecule has 16 heavy (non-hydrogen) atoms. The fourth-order valence-corrected chi connectivity index (χ4v) is 1.84. The van der Waals surface area contributed by atoms with Gasteiger partial charge in [0, 0.05) is 5.57 Å². The average Bonchev–Trinajstić information content (AvgIpc) is 1.98. The Hall–Kier alpha value is -0.680. The zero-order valence-corrected chi connectivity index (χ0v) is 10.9. The van der Waals surface area contributed by atoms with Crippen molar-refractivity contribution in [3.8, 4) is 0 Å². The third-order valence-corrected chi connectivity index (χ3v) is 2.64. The van der Waals surface area contributed by atoms with E-state index in [4.69, 9.17) is 14.5 Å². The Morgan fingerprint density at radius 3 is 2.12 bits per heavy atom. The maximum absolute atomic E-state index is 11.3. The quantitative estimate of drug-likeness (QED) is 0.242. The second-order valence-corrected chi connectivity index (χ2v) is 6.30. The molecule has 0 bridgehead atoms. The standard InChI is InChI=1S/C9H18NO5P/c1-7(2)9(11)15-8(10(3,4)5)6-16(12,13)14/h8H,1,6H2,2-5H3,(H-,12,13,14)/p+1. The zero-order chi connectivity index (χ0) is 13.1. The topological polar surface area (TPSA) is 83.8 Å².